The fourth-order valence-electron chi connectivity index (χ4n) is 2.56. The van der Waals surface area contributed by atoms with Crippen molar-refractivity contribution < 1.29 is 14.7 Å². The molecule has 4 aromatic rings. The Morgan fingerprint density at radius 2 is 1.93 bits per heavy atom. The van der Waals surface area contributed by atoms with Gasteiger partial charge in [0.2, 0.25) is 5.91 Å². The topological polar surface area (TPSA) is 109 Å². The number of thiophene rings is 1. The van der Waals surface area contributed by atoms with Crippen LogP contribution in [-0.4, -0.2) is 31.7 Å². The van der Waals surface area contributed by atoms with Crippen LogP contribution in [0.3, 0.4) is 0 Å². The molecule has 0 saturated carbocycles. The molecule has 0 aliphatic heterocycles. The number of hydrazine groups is 1. The average Bonchev–Trinajstić information content (AvgIpc) is 3.47. The van der Waals surface area contributed by atoms with E-state index in [4.69, 9.17) is 11.6 Å². The van der Waals surface area contributed by atoms with E-state index >= 15 is 0 Å². The minimum absolute atomic E-state index is 0.0136. The van der Waals surface area contributed by atoms with E-state index in [-0.39, 0.29) is 17.9 Å². The zero-order valence-electron chi connectivity index (χ0n) is 15.2. The Morgan fingerprint density at radius 1 is 1.13 bits per heavy atom. The molecule has 1 aromatic carbocycles. The highest BCUT2D eigenvalue weighted by Gasteiger charge is 2.18. The molecule has 8 nitrogen and oxygen atoms in total. The number of halogens is 1. The van der Waals surface area contributed by atoms with Gasteiger partial charge in [0.1, 0.15) is 5.01 Å². The average molecular weight is 460 g/mol. The number of thiazole rings is 1. The Kier molecular flexibility index (Phi) is 5.79. The van der Waals surface area contributed by atoms with E-state index in [0.29, 0.717) is 15.7 Å². The highest BCUT2D eigenvalue weighted by atomic mass is 35.5. The molecule has 4 rings (SSSR count). The molecule has 0 saturated heterocycles. The lowest BCUT2D eigenvalue weighted by molar-refractivity contribution is -0.121. The number of aromatic nitrogens is 3. The van der Waals surface area contributed by atoms with Crippen LogP contribution in [0.2, 0.25) is 4.34 Å². The largest absolute Gasteiger partial charge is 0.504 e. The first-order valence-electron chi connectivity index (χ1n) is 8.63. The van der Waals surface area contributed by atoms with Crippen molar-refractivity contribution >= 4 is 46.1 Å². The SMILES string of the molecule is O=C(Cc1csc(-c2ccc(Cl)s2)n1)NNC(=O)c1nn(-c2ccccc2)cc1O. The van der Waals surface area contributed by atoms with Gasteiger partial charge < -0.3 is 5.11 Å². The normalized spacial score (nSPS) is 10.7. The molecule has 11 heteroatoms. The van der Waals surface area contributed by atoms with Gasteiger partial charge in [-0.3, -0.25) is 20.4 Å². The highest BCUT2D eigenvalue weighted by molar-refractivity contribution is 7.23. The second-order valence-electron chi connectivity index (χ2n) is 6.07. The third-order valence-electron chi connectivity index (χ3n) is 3.92. The number of aromatic hydroxyl groups is 1. The number of para-hydroxylation sites is 1. The lowest BCUT2D eigenvalue weighted by atomic mass is 10.3. The number of carbonyl (C=O) groups is 2. The Hall–Kier alpha value is -3.21. The van der Waals surface area contributed by atoms with Crippen molar-refractivity contribution in [2.24, 2.45) is 0 Å². The number of hydrogen-bond acceptors (Lipinski definition) is 7. The Morgan fingerprint density at radius 3 is 2.67 bits per heavy atom. The molecule has 0 fully saturated rings. The number of nitrogens with zero attached hydrogens (tertiary/aromatic N) is 3. The van der Waals surface area contributed by atoms with Crippen LogP contribution in [0.4, 0.5) is 0 Å². The summed E-state index contributed by atoms with van der Waals surface area (Å²) in [4.78, 5) is 29.8. The van der Waals surface area contributed by atoms with Gasteiger partial charge in [-0.15, -0.1) is 22.7 Å². The summed E-state index contributed by atoms with van der Waals surface area (Å²) < 4.78 is 2.04. The van der Waals surface area contributed by atoms with Gasteiger partial charge in [-0.05, 0) is 24.3 Å². The van der Waals surface area contributed by atoms with Crippen LogP contribution < -0.4 is 10.9 Å². The van der Waals surface area contributed by atoms with Crippen LogP contribution in [0.15, 0.2) is 54.0 Å². The first kappa shape index (κ1) is 20.1. The maximum absolute atomic E-state index is 12.3. The minimum atomic E-state index is -0.734. The Balaban J connectivity index is 1.35. The highest BCUT2D eigenvalue weighted by Crippen LogP contribution is 2.32. The van der Waals surface area contributed by atoms with E-state index < -0.39 is 11.8 Å². The summed E-state index contributed by atoms with van der Waals surface area (Å²) >= 11 is 8.76. The third kappa shape index (κ3) is 4.51. The van der Waals surface area contributed by atoms with Crippen molar-refractivity contribution in [1.82, 2.24) is 25.6 Å². The lowest BCUT2D eigenvalue weighted by Crippen LogP contribution is -2.42. The van der Waals surface area contributed by atoms with Crippen LogP contribution in [0, 0.1) is 0 Å². The quantitative estimate of drug-likeness (QED) is 0.396. The molecular weight excluding hydrogens is 446 g/mol. The fraction of sp³-hybridized carbons (Fsp3) is 0.0526. The predicted octanol–water partition coefficient (Wildman–Crippen LogP) is 3.42. The van der Waals surface area contributed by atoms with Crippen molar-refractivity contribution in [2.45, 2.75) is 6.42 Å². The smallest absolute Gasteiger partial charge is 0.294 e. The van der Waals surface area contributed by atoms with Gasteiger partial charge in [0.05, 0.1) is 33.2 Å². The summed E-state index contributed by atoms with van der Waals surface area (Å²) in [5.41, 5.74) is 5.61. The molecular formula is C19H14ClN5O3S2. The first-order chi connectivity index (χ1) is 14.5. The molecule has 3 heterocycles. The number of carbonyl (C=O) groups excluding carboxylic acids is 2. The summed E-state index contributed by atoms with van der Waals surface area (Å²) in [6, 6.07) is 12.7. The van der Waals surface area contributed by atoms with Crippen molar-refractivity contribution in [1.29, 1.82) is 0 Å². The van der Waals surface area contributed by atoms with Gasteiger partial charge in [-0.2, -0.15) is 5.10 Å². The number of hydrogen-bond donors (Lipinski definition) is 3. The van der Waals surface area contributed by atoms with Gasteiger partial charge in [0.15, 0.2) is 11.4 Å². The number of nitrogens with one attached hydrogen (secondary N) is 2. The van der Waals surface area contributed by atoms with Crippen molar-refractivity contribution in [3.63, 3.8) is 0 Å². The van der Waals surface area contributed by atoms with Crippen LogP contribution >= 0.6 is 34.3 Å². The summed E-state index contributed by atoms with van der Waals surface area (Å²) in [5.74, 6) is -1.49. The molecule has 0 unspecified atom stereocenters. The van der Waals surface area contributed by atoms with E-state index in [1.54, 1.807) is 23.6 Å². The van der Waals surface area contributed by atoms with Crippen LogP contribution in [0.5, 0.6) is 5.75 Å². The molecule has 0 aliphatic carbocycles. The molecule has 152 valence electrons. The summed E-state index contributed by atoms with van der Waals surface area (Å²) in [5, 5.41) is 16.6. The van der Waals surface area contributed by atoms with Gasteiger partial charge >= 0.3 is 0 Å². The minimum Gasteiger partial charge on any atom is -0.504 e. The van der Waals surface area contributed by atoms with Crippen molar-refractivity contribution in [3.8, 4) is 21.3 Å². The van der Waals surface area contributed by atoms with E-state index in [1.807, 2.05) is 24.3 Å². The summed E-state index contributed by atoms with van der Waals surface area (Å²) in [7, 11) is 0. The number of amides is 2. The van der Waals surface area contributed by atoms with Crippen molar-refractivity contribution in [3.05, 3.63) is 69.8 Å². The number of benzene rings is 1. The maximum Gasteiger partial charge on any atom is 0.294 e. The molecule has 3 N–H and O–H groups in total. The van der Waals surface area contributed by atoms with E-state index in [9.17, 15) is 14.7 Å². The van der Waals surface area contributed by atoms with E-state index in [0.717, 1.165) is 9.88 Å². The standard InChI is InChI=1S/C19H14ClN5O3S2/c20-15-7-6-14(30-15)19-21-11(10-29-19)8-16(27)22-23-18(28)17-13(26)9-25(24-17)12-4-2-1-3-5-12/h1-7,9-10,26H,8H2,(H,22,27)(H,23,28). The van der Waals surface area contributed by atoms with Crippen LogP contribution in [0.1, 0.15) is 16.2 Å². The molecule has 0 bridgehead atoms. The fourth-order valence-corrected chi connectivity index (χ4v) is 4.50. The zero-order valence-corrected chi connectivity index (χ0v) is 17.6. The molecule has 0 radical (unpaired) electrons. The summed E-state index contributed by atoms with van der Waals surface area (Å²) in [6.07, 6.45) is 1.31. The lowest BCUT2D eigenvalue weighted by Gasteiger charge is -2.05. The first-order valence-corrected chi connectivity index (χ1v) is 10.7. The van der Waals surface area contributed by atoms with Gasteiger partial charge in [0, 0.05) is 5.38 Å². The van der Waals surface area contributed by atoms with E-state index in [2.05, 4.69) is 20.9 Å². The second-order valence-corrected chi connectivity index (χ2v) is 8.64. The molecule has 2 amide bonds. The van der Waals surface area contributed by atoms with E-state index in [1.165, 1.54) is 33.6 Å². The second kappa shape index (κ2) is 8.66. The predicted molar refractivity (Wildman–Crippen MR) is 115 cm³/mol. The van der Waals surface area contributed by atoms with Gasteiger partial charge in [-0.25, -0.2) is 9.67 Å². The molecule has 0 atom stereocenters. The monoisotopic (exact) mass is 459 g/mol. The number of rotatable bonds is 5. The van der Waals surface area contributed by atoms with Crippen LogP contribution in [0.25, 0.3) is 15.6 Å². The summed E-state index contributed by atoms with van der Waals surface area (Å²) in [6.45, 7) is 0. The van der Waals surface area contributed by atoms with Gasteiger partial charge in [-0.1, -0.05) is 29.8 Å². The van der Waals surface area contributed by atoms with Crippen molar-refractivity contribution in [2.75, 3.05) is 0 Å². The van der Waals surface area contributed by atoms with Gasteiger partial charge in [0.25, 0.3) is 5.91 Å². The molecule has 0 aliphatic rings. The molecule has 30 heavy (non-hydrogen) atoms. The Labute approximate surface area is 183 Å². The van der Waals surface area contributed by atoms with Crippen LogP contribution in [-0.2, 0) is 11.2 Å². The molecule has 3 aromatic heterocycles. The maximum atomic E-state index is 12.3. The zero-order chi connectivity index (χ0) is 21.1. The molecule has 0 spiro atoms. The Bertz CT molecular complexity index is 1200. The third-order valence-corrected chi connectivity index (χ3v) is 6.22.